The summed E-state index contributed by atoms with van der Waals surface area (Å²) in [4.78, 5) is 13.4. The van der Waals surface area contributed by atoms with Crippen molar-refractivity contribution < 1.29 is 4.21 Å². The van der Waals surface area contributed by atoms with Gasteiger partial charge in [0.1, 0.15) is 17.7 Å². The standard InChI is InChI=1S/C13H11ClN4OS/c1-18-12(8-3-5-9(6-4-8)20(2)19)17-10-11(14)15-7-16-13(10)18/h3-7H,1-2H3. The Labute approximate surface area is 123 Å². The van der Waals surface area contributed by atoms with Crippen LogP contribution in [0.5, 0.6) is 0 Å². The Kier molecular flexibility index (Phi) is 3.27. The summed E-state index contributed by atoms with van der Waals surface area (Å²) in [5.74, 6) is 0.746. The lowest BCUT2D eigenvalue weighted by atomic mass is 10.2. The lowest BCUT2D eigenvalue weighted by Gasteiger charge is -2.03. The number of aromatic nitrogens is 4. The molecule has 102 valence electrons. The molecule has 0 aliphatic carbocycles. The van der Waals surface area contributed by atoms with Crippen molar-refractivity contribution in [1.29, 1.82) is 0 Å². The molecule has 0 amide bonds. The number of rotatable bonds is 2. The smallest absolute Gasteiger partial charge is 0.165 e. The van der Waals surface area contributed by atoms with Crippen LogP contribution in [-0.2, 0) is 17.8 Å². The average molecular weight is 307 g/mol. The van der Waals surface area contributed by atoms with E-state index in [4.69, 9.17) is 11.6 Å². The Morgan fingerprint density at radius 1 is 1.20 bits per heavy atom. The quantitative estimate of drug-likeness (QED) is 0.682. The zero-order valence-electron chi connectivity index (χ0n) is 10.9. The Bertz CT molecular complexity index is 813. The van der Waals surface area contributed by atoms with Crippen molar-refractivity contribution in [3.63, 3.8) is 0 Å². The molecule has 1 unspecified atom stereocenters. The van der Waals surface area contributed by atoms with Crippen molar-refractivity contribution in [3.8, 4) is 11.4 Å². The summed E-state index contributed by atoms with van der Waals surface area (Å²) in [6.07, 6.45) is 3.07. The van der Waals surface area contributed by atoms with Gasteiger partial charge in [0.2, 0.25) is 0 Å². The Morgan fingerprint density at radius 2 is 1.90 bits per heavy atom. The van der Waals surface area contributed by atoms with E-state index in [1.807, 2.05) is 35.9 Å². The Morgan fingerprint density at radius 3 is 2.50 bits per heavy atom. The molecule has 2 aromatic heterocycles. The monoisotopic (exact) mass is 306 g/mol. The van der Waals surface area contributed by atoms with Crippen LogP contribution in [0.15, 0.2) is 35.5 Å². The molecule has 0 radical (unpaired) electrons. The summed E-state index contributed by atoms with van der Waals surface area (Å²) >= 11 is 6.03. The zero-order valence-corrected chi connectivity index (χ0v) is 12.4. The molecule has 0 spiro atoms. The van der Waals surface area contributed by atoms with Crippen molar-refractivity contribution in [1.82, 2.24) is 19.5 Å². The number of imidazole rings is 1. The molecule has 0 saturated carbocycles. The second-order valence-corrected chi connectivity index (χ2v) is 6.05. The van der Waals surface area contributed by atoms with E-state index in [0.29, 0.717) is 16.3 Å². The molecule has 0 bridgehead atoms. The van der Waals surface area contributed by atoms with Gasteiger partial charge in [-0.25, -0.2) is 15.0 Å². The molecule has 0 N–H and O–H groups in total. The highest BCUT2D eigenvalue weighted by Crippen LogP contribution is 2.25. The van der Waals surface area contributed by atoms with Gasteiger partial charge in [-0.2, -0.15) is 0 Å². The molecular weight excluding hydrogens is 296 g/mol. The zero-order chi connectivity index (χ0) is 14.3. The molecule has 2 heterocycles. The van der Waals surface area contributed by atoms with Crippen molar-refractivity contribution in [2.24, 2.45) is 7.05 Å². The lowest BCUT2D eigenvalue weighted by Crippen LogP contribution is -1.94. The number of benzene rings is 1. The fourth-order valence-electron chi connectivity index (χ4n) is 2.03. The average Bonchev–Trinajstić information content (AvgIpc) is 2.78. The van der Waals surface area contributed by atoms with E-state index in [1.165, 1.54) is 6.33 Å². The molecule has 5 nitrogen and oxygen atoms in total. The van der Waals surface area contributed by atoms with E-state index in [0.717, 1.165) is 16.3 Å². The number of fused-ring (bicyclic) bond motifs is 1. The molecule has 1 atom stereocenters. The Hall–Kier alpha value is -1.79. The van der Waals surface area contributed by atoms with Crippen LogP contribution in [-0.4, -0.2) is 30.0 Å². The van der Waals surface area contributed by atoms with Crippen molar-refractivity contribution in [2.45, 2.75) is 4.90 Å². The van der Waals surface area contributed by atoms with Gasteiger partial charge in [-0.1, -0.05) is 23.7 Å². The number of hydrogen-bond acceptors (Lipinski definition) is 4. The largest absolute Gasteiger partial charge is 0.312 e. The van der Waals surface area contributed by atoms with Crippen LogP contribution in [0.25, 0.3) is 22.6 Å². The van der Waals surface area contributed by atoms with Gasteiger partial charge in [-0.3, -0.25) is 4.21 Å². The molecular formula is C13H11ClN4OS. The van der Waals surface area contributed by atoms with Crippen molar-refractivity contribution in [2.75, 3.05) is 6.26 Å². The first-order chi connectivity index (χ1) is 9.58. The third-order valence-electron chi connectivity index (χ3n) is 3.06. The lowest BCUT2D eigenvalue weighted by molar-refractivity contribution is 0.687. The fourth-order valence-corrected chi connectivity index (χ4v) is 2.72. The summed E-state index contributed by atoms with van der Waals surface area (Å²) in [5, 5.41) is 0.336. The summed E-state index contributed by atoms with van der Waals surface area (Å²) in [5.41, 5.74) is 2.17. The van der Waals surface area contributed by atoms with Gasteiger partial charge >= 0.3 is 0 Å². The van der Waals surface area contributed by atoms with Crippen LogP contribution < -0.4 is 0 Å². The highest BCUT2D eigenvalue weighted by atomic mass is 35.5. The number of aryl methyl sites for hydroxylation is 1. The maximum absolute atomic E-state index is 11.4. The van der Waals surface area contributed by atoms with Crippen molar-refractivity contribution in [3.05, 3.63) is 35.7 Å². The van der Waals surface area contributed by atoms with E-state index in [1.54, 1.807) is 6.26 Å². The number of halogens is 1. The molecule has 0 saturated heterocycles. The molecule has 0 aliphatic rings. The van der Waals surface area contributed by atoms with E-state index in [-0.39, 0.29) is 0 Å². The minimum absolute atomic E-state index is 0.336. The normalized spacial score (nSPS) is 12.8. The molecule has 3 aromatic rings. The fraction of sp³-hybridized carbons (Fsp3) is 0.154. The SMILES string of the molecule is Cn1c(-c2ccc(S(C)=O)cc2)nc2c(Cl)ncnc21. The maximum atomic E-state index is 11.4. The third-order valence-corrected chi connectivity index (χ3v) is 4.27. The third kappa shape index (κ3) is 2.10. The minimum atomic E-state index is -0.988. The van der Waals surface area contributed by atoms with E-state index in [2.05, 4.69) is 15.0 Å². The highest BCUT2D eigenvalue weighted by Gasteiger charge is 2.13. The van der Waals surface area contributed by atoms with Gasteiger partial charge in [0.25, 0.3) is 0 Å². The van der Waals surface area contributed by atoms with Gasteiger partial charge in [-0.15, -0.1) is 0 Å². The first-order valence-electron chi connectivity index (χ1n) is 5.84. The van der Waals surface area contributed by atoms with Crippen LogP contribution in [0.2, 0.25) is 5.15 Å². The van der Waals surface area contributed by atoms with E-state index in [9.17, 15) is 4.21 Å². The van der Waals surface area contributed by atoms with Crippen molar-refractivity contribution >= 4 is 33.6 Å². The van der Waals surface area contributed by atoms with Crippen LogP contribution in [0, 0.1) is 0 Å². The van der Waals surface area contributed by atoms with E-state index >= 15 is 0 Å². The predicted octanol–water partition coefficient (Wildman–Crippen LogP) is 2.42. The van der Waals surface area contributed by atoms with Gasteiger partial charge in [0.15, 0.2) is 10.8 Å². The minimum Gasteiger partial charge on any atom is -0.312 e. The highest BCUT2D eigenvalue weighted by molar-refractivity contribution is 7.84. The van der Waals surface area contributed by atoms with Crippen LogP contribution >= 0.6 is 11.6 Å². The van der Waals surface area contributed by atoms with Gasteiger partial charge in [-0.05, 0) is 12.1 Å². The van der Waals surface area contributed by atoms with Gasteiger partial charge < -0.3 is 4.57 Å². The van der Waals surface area contributed by atoms with Crippen LogP contribution in [0.4, 0.5) is 0 Å². The molecule has 7 heteroatoms. The summed E-state index contributed by atoms with van der Waals surface area (Å²) in [6, 6.07) is 7.44. The predicted molar refractivity (Wildman–Crippen MR) is 79.1 cm³/mol. The molecule has 0 fully saturated rings. The van der Waals surface area contributed by atoms with E-state index < -0.39 is 10.8 Å². The summed E-state index contributed by atoms with van der Waals surface area (Å²) in [7, 11) is 0.887. The molecule has 3 rings (SSSR count). The first kappa shape index (κ1) is 13.2. The molecule has 0 aliphatic heterocycles. The van der Waals surface area contributed by atoms with Crippen LogP contribution in [0.1, 0.15) is 0 Å². The second-order valence-electron chi connectivity index (χ2n) is 4.31. The summed E-state index contributed by atoms with van der Waals surface area (Å²) in [6.45, 7) is 0. The maximum Gasteiger partial charge on any atom is 0.165 e. The first-order valence-corrected chi connectivity index (χ1v) is 7.78. The Balaban J connectivity index is 2.17. The topological polar surface area (TPSA) is 60.7 Å². The van der Waals surface area contributed by atoms with Gasteiger partial charge in [0.05, 0.1) is 0 Å². The number of hydrogen-bond donors (Lipinski definition) is 0. The molecule has 1 aromatic carbocycles. The summed E-state index contributed by atoms with van der Waals surface area (Å²) < 4.78 is 13.3. The second kappa shape index (κ2) is 4.96. The van der Waals surface area contributed by atoms with Crippen LogP contribution in [0.3, 0.4) is 0 Å². The van der Waals surface area contributed by atoms with Gasteiger partial charge in [0, 0.05) is 34.6 Å². The number of nitrogens with zero attached hydrogens (tertiary/aromatic N) is 4. The molecule has 20 heavy (non-hydrogen) atoms.